The number of benzene rings is 2. The minimum atomic E-state index is -2.95. The molecule has 0 atom stereocenters. The van der Waals surface area contributed by atoms with Crippen molar-refractivity contribution in [1.29, 1.82) is 0 Å². The van der Waals surface area contributed by atoms with E-state index in [0.717, 1.165) is 11.1 Å². The van der Waals surface area contributed by atoms with E-state index in [9.17, 15) is 13.6 Å². The van der Waals surface area contributed by atoms with Crippen molar-refractivity contribution in [1.82, 2.24) is 0 Å². The molecule has 0 unspecified atom stereocenters. The topological polar surface area (TPSA) is 35.5 Å². The van der Waals surface area contributed by atoms with Gasteiger partial charge in [0.1, 0.15) is 0 Å². The number of hydrogen-bond acceptors (Lipinski definition) is 3. The van der Waals surface area contributed by atoms with E-state index < -0.39 is 6.61 Å². The molecule has 2 aromatic rings. The van der Waals surface area contributed by atoms with Gasteiger partial charge in [-0.3, -0.25) is 4.79 Å². The molecule has 0 aliphatic rings. The van der Waals surface area contributed by atoms with Crippen LogP contribution in [0.15, 0.2) is 42.5 Å². The summed E-state index contributed by atoms with van der Waals surface area (Å²) in [5.74, 6) is -0.0357. The van der Waals surface area contributed by atoms with E-state index in [2.05, 4.69) is 4.74 Å². The number of carbonyl (C=O) groups is 1. The van der Waals surface area contributed by atoms with Crippen molar-refractivity contribution in [3.8, 4) is 11.5 Å². The molecule has 0 heterocycles. The SMILES string of the molecule is COc1ccc(/C=C/C(=O)c2ccc(C)c(C)c2)cc1OC(F)F. The second kappa shape index (κ2) is 7.73. The van der Waals surface area contributed by atoms with E-state index in [4.69, 9.17) is 4.74 Å². The molecule has 0 aliphatic heterocycles. The third-order valence-electron chi connectivity index (χ3n) is 3.62. The number of alkyl halides is 2. The van der Waals surface area contributed by atoms with Gasteiger partial charge in [0.2, 0.25) is 0 Å². The van der Waals surface area contributed by atoms with E-state index in [-0.39, 0.29) is 17.3 Å². The average molecular weight is 332 g/mol. The summed E-state index contributed by atoms with van der Waals surface area (Å²) in [7, 11) is 1.37. The van der Waals surface area contributed by atoms with Crippen LogP contribution in [-0.2, 0) is 0 Å². The van der Waals surface area contributed by atoms with Crippen LogP contribution in [0.2, 0.25) is 0 Å². The maximum Gasteiger partial charge on any atom is 0.387 e. The Bertz CT molecular complexity index is 767. The number of halogens is 2. The van der Waals surface area contributed by atoms with Crippen LogP contribution in [0.3, 0.4) is 0 Å². The van der Waals surface area contributed by atoms with Gasteiger partial charge in [0, 0.05) is 5.56 Å². The molecule has 0 amide bonds. The van der Waals surface area contributed by atoms with Crippen LogP contribution in [0.1, 0.15) is 27.0 Å². The zero-order valence-electron chi connectivity index (χ0n) is 13.7. The predicted molar refractivity (Wildman–Crippen MR) is 88.9 cm³/mol. The Balaban J connectivity index is 2.21. The number of allylic oxidation sites excluding steroid dienone is 1. The van der Waals surface area contributed by atoms with E-state index >= 15 is 0 Å². The zero-order chi connectivity index (χ0) is 17.7. The van der Waals surface area contributed by atoms with Crippen LogP contribution in [0.4, 0.5) is 8.78 Å². The van der Waals surface area contributed by atoms with Gasteiger partial charge in [-0.2, -0.15) is 8.78 Å². The molecule has 0 bridgehead atoms. The summed E-state index contributed by atoms with van der Waals surface area (Å²) in [6.45, 7) is 0.962. The molecule has 0 aliphatic carbocycles. The molecule has 0 N–H and O–H groups in total. The fourth-order valence-electron chi connectivity index (χ4n) is 2.15. The van der Waals surface area contributed by atoms with Gasteiger partial charge in [-0.1, -0.05) is 24.3 Å². The van der Waals surface area contributed by atoms with Crippen LogP contribution in [-0.4, -0.2) is 19.5 Å². The summed E-state index contributed by atoms with van der Waals surface area (Å²) in [5.41, 5.74) is 3.28. The van der Waals surface area contributed by atoms with Crippen molar-refractivity contribution < 1.29 is 23.0 Å². The highest BCUT2D eigenvalue weighted by molar-refractivity contribution is 6.07. The van der Waals surface area contributed by atoms with E-state index in [1.54, 1.807) is 18.2 Å². The summed E-state index contributed by atoms with van der Waals surface area (Å²) < 4.78 is 34.2. The van der Waals surface area contributed by atoms with Gasteiger partial charge in [-0.15, -0.1) is 0 Å². The van der Waals surface area contributed by atoms with Crippen molar-refractivity contribution >= 4 is 11.9 Å². The first-order valence-electron chi connectivity index (χ1n) is 7.33. The zero-order valence-corrected chi connectivity index (χ0v) is 13.7. The molecule has 2 rings (SSSR count). The molecule has 3 nitrogen and oxygen atoms in total. The molecule has 0 radical (unpaired) electrons. The van der Waals surface area contributed by atoms with E-state index in [0.29, 0.717) is 11.1 Å². The van der Waals surface area contributed by atoms with Gasteiger partial charge in [0.15, 0.2) is 17.3 Å². The molecule has 0 saturated carbocycles. The highest BCUT2D eigenvalue weighted by atomic mass is 19.3. The molecule has 126 valence electrons. The minimum Gasteiger partial charge on any atom is -0.493 e. The summed E-state index contributed by atoms with van der Waals surface area (Å²) in [5, 5.41) is 0. The Morgan fingerprint density at radius 1 is 1.04 bits per heavy atom. The number of ether oxygens (including phenoxy) is 2. The lowest BCUT2D eigenvalue weighted by atomic mass is 10.0. The quantitative estimate of drug-likeness (QED) is 0.562. The highest BCUT2D eigenvalue weighted by Gasteiger charge is 2.11. The summed E-state index contributed by atoms with van der Waals surface area (Å²) in [6.07, 6.45) is 2.95. The fourth-order valence-corrected chi connectivity index (χ4v) is 2.15. The predicted octanol–water partition coefficient (Wildman–Crippen LogP) is 4.81. The molecule has 0 aromatic heterocycles. The van der Waals surface area contributed by atoms with Gasteiger partial charge < -0.3 is 9.47 Å². The van der Waals surface area contributed by atoms with Crippen molar-refractivity contribution in [2.45, 2.75) is 20.5 Å². The maximum atomic E-state index is 12.4. The van der Waals surface area contributed by atoms with Crippen LogP contribution in [0.25, 0.3) is 6.08 Å². The smallest absolute Gasteiger partial charge is 0.387 e. The van der Waals surface area contributed by atoms with Crippen molar-refractivity contribution in [2.24, 2.45) is 0 Å². The Hall–Kier alpha value is -2.69. The highest BCUT2D eigenvalue weighted by Crippen LogP contribution is 2.30. The molecule has 0 spiro atoms. The first kappa shape index (κ1) is 17.7. The Morgan fingerprint density at radius 2 is 1.79 bits per heavy atom. The number of carbonyl (C=O) groups excluding carboxylic acids is 1. The second-order valence-electron chi connectivity index (χ2n) is 5.29. The van der Waals surface area contributed by atoms with Crippen LogP contribution >= 0.6 is 0 Å². The molecule has 0 fully saturated rings. The molecule has 2 aromatic carbocycles. The van der Waals surface area contributed by atoms with Crippen LogP contribution in [0.5, 0.6) is 11.5 Å². The Morgan fingerprint density at radius 3 is 2.42 bits per heavy atom. The maximum absolute atomic E-state index is 12.4. The van der Waals surface area contributed by atoms with Gasteiger partial charge in [0.05, 0.1) is 7.11 Å². The molecule has 24 heavy (non-hydrogen) atoms. The molecule has 0 saturated heterocycles. The van der Waals surface area contributed by atoms with E-state index in [1.807, 2.05) is 26.0 Å². The van der Waals surface area contributed by atoms with Crippen LogP contribution < -0.4 is 9.47 Å². The van der Waals surface area contributed by atoms with Crippen molar-refractivity contribution in [2.75, 3.05) is 7.11 Å². The third-order valence-corrected chi connectivity index (χ3v) is 3.62. The lowest BCUT2D eigenvalue weighted by Crippen LogP contribution is -2.03. The average Bonchev–Trinajstić information content (AvgIpc) is 2.54. The summed E-state index contributed by atoms with van der Waals surface area (Å²) >= 11 is 0. The minimum absolute atomic E-state index is 0.0757. The van der Waals surface area contributed by atoms with Gasteiger partial charge >= 0.3 is 6.61 Å². The lowest BCUT2D eigenvalue weighted by molar-refractivity contribution is -0.0512. The summed E-state index contributed by atoms with van der Waals surface area (Å²) in [6, 6.07) is 10.0. The Labute approximate surface area is 139 Å². The lowest BCUT2D eigenvalue weighted by Gasteiger charge is -2.10. The molecule has 5 heteroatoms. The fraction of sp³-hybridized carbons (Fsp3) is 0.211. The van der Waals surface area contributed by atoms with Crippen molar-refractivity contribution in [3.05, 3.63) is 64.7 Å². The first-order valence-corrected chi connectivity index (χ1v) is 7.33. The Kier molecular flexibility index (Phi) is 5.68. The third kappa shape index (κ3) is 4.41. The molecular weight excluding hydrogens is 314 g/mol. The standard InChI is InChI=1S/C19H18F2O3/c1-12-4-7-15(10-13(12)2)16(22)8-5-14-6-9-17(23-3)18(11-14)24-19(20)21/h4-11,19H,1-3H3/b8-5+. The number of aryl methyl sites for hydroxylation is 2. The summed E-state index contributed by atoms with van der Waals surface area (Å²) in [4.78, 5) is 12.2. The van der Waals surface area contributed by atoms with E-state index in [1.165, 1.54) is 25.3 Å². The first-order chi connectivity index (χ1) is 11.4. The number of rotatable bonds is 6. The van der Waals surface area contributed by atoms with Crippen molar-refractivity contribution in [3.63, 3.8) is 0 Å². The number of hydrogen-bond donors (Lipinski definition) is 0. The largest absolute Gasteiger partial charge is 0.493 e. The van der Waals surface area contributed by atoms with Gasteiger partial charge in [-0.25, -0.2) is 0 Å². The molecular formula is C19H18F2O3. The number of ketones is 1. The number of methoxy groups -OCH3 is 1. The van der Waals surface area contributed by atoms with Gasteiger partial charge in [0.25, 0.3) is 0 Å². The monoisotopic (exact) mass is 332 g/mol. The second-order valence-corrected chi connectivity index (χ2v) is 5.29. The normalized spacial score (nSPS) is 11.1. The van der Waals surface area contributed by atoms with Gasteiger partial charge in [-0.05, 0) is 54.8 Å². The van der Waals surface area contributed by atoms with Crippen LogP contribution in [0, 0.1) is 13.8 Å².